The number of aromatic nitrogens is 3. The van der Waals surface area contributed by atoms with Gasteiger partial charge in [0.15, 0.2) is 0 Å². The third-order valence-electron chi connectivity index (χ3n) is 8.32. The largest absolute Gasteiger partial charge is 0.361 e. The van der Waals surface area contributed by atoms with Crippen molar-refractivity contribution >= 4 is 60.3 Å². The van der Waals surface area contributed by atoms with Gasteiger partial charge in [-0.15, -0.1) is 0 Å². The lowest BCUT2D eigenvalue weighted by Gasteiger charge is -2.26. The Labute approximate surface area is 230 Å². The highest BCUT2D eigenvalue weighted by molar-refractivity contribution is 6.19. The molecule has 4 heterocycles. The summed E-state index contributed by atoms with van der Waals surface area (Å²) < 4.78 is 4.69. The maximum absolute atomic E-state index is 5.11. The van der Waals surface area contributed by atoms with Crippen molar-refractivity contribution in [3.63, 3.8) is 0 Å². The van der Waals surface area contributed by atoms with Crippen molar-refractivity contribution in [2.45, 2.75) is 6.04 Å². The fourth-order valence-electron chi connectivity index (χ4n) is 6.49. The van der Waals surface area contributed by atoms with Gasteiger partial charge in [-0.1, -0.05) is 85.0 Å². The fourth-order valence-corrected chi connectivity index (χ4v) is 6.49. The van der Waals surface area contributed by atoms with Gasteiger partial charge in [-0.3, -0.25) is 9.13 Å². The minimum atomic E-state index is 0.165. The predicted molar refractivity (Wildman–Crippen MR) is 167 cm³/mol. The third-order valence-corrected chi connectivity index (χ3v) is 8.32. The number of hydrogen-bond acceptors (Lipinski definition) is 2. The van der Waals surface area contributed by atoms with Gasteiger partial charge in [0.05, 0.1) is 33.6 Å². The van der Waals surface area contributed by atoms with Crippen LogP contribution in [0.5, 0.6) is 0 Å². The molecule has 0 spiro atoms. The first kappa shape index (κ1) is 21.6. The number of hydrogen-bond donors (Lipinski definition) is 1. The maximum Gasteiger partial charge on any atom is 0.138 e. The highest BCUT2D eigenvalue weighted by atomic mass is 15.2. The van der Waals surface area contributed by atoms with Crippen molar-refractivity contribution in [1.29, 1.82) is 0 Å². The molecule has 2 aliphatic rings. The quantitative estimate of drug-likeness (QED) is 0.253. The van der Waals surface area contributed by atoms with E-state index in [1.54, 1.807) is 0 Å². The average Bonchev–Trinajstić information content (AvgIpc) is 3.51. The number of fused-ring (bicyclic) bond motifs is 8. The molecule has 0 amide bonds. The molecule has 40 heavy (non-hydrogen) atoms. The van der Waals surface area contributed by atoms with Gasteiger partial charge >= 0.3 is 0 Å². The van der Waals surface area contributed by atoms with E-state index in [4.69, 9.17) is 4.98 Å². The minimum absolute atomic E-state index is 0.165. The molecule has 7 aromatic rings. The second-order valence-electron chi connectivity index (χ2n) is 10.5. The summed E-state index contributed by atoms with van der Waals surface area (Å²) in [7, 11) is 0. The van der Waals surface area contributed by atoms with E-state index < -0.39 is 0 Å². The molecule has 4 nitrogen and oxygen atoms in total. The summed E-state index contributed by atoms with van der Waals surface area (Å²) in [5.74, 6) is 2.00. The monoisotopic (exact) mass is 512 g/mol. The molecule has 4 aromatic carbocycles. The Balaban J connectivity index is 1.39. The van der Waals surface area contributed by atoms with Crippen LogP contribution in [0.2, 0.25) is 0 Å². The molecule has 1 N–H and O–H groups in total. The normalized spacial score (nSPS) is 16.6. The molecular formula is C36H24N4. The number of dihydropyridines is 1. The van der Waals surface area contributed by atoms with Crippen LogP contribution in [0.4, 0.5) is 0 Å². The Hall–Kier alpha value is -5.35. The van der Waals surface area contributed by atoms with Crippen LogP contribution < -0.4 is 5.32 Å². The number of nitrogens with zero attached hydrogens (tertiary/aromatic N) is 3. The summed E-state index contributed by atoms with van der Waals surface area (Å²) in [6.07, 6.45) is 13.0. The van der Waals surface area contributed by atoms with Gasteiger partial charge in [-0.05, 0) is 54.1 Å². The third kappa shape index (κ3) is 2.99. The van der Waals surface area contributed by atoms with E-state index in [-0.39, 0.29) is 6.04 Å². The first-order valence-electron chi connectivity index (χ1n) is 13.7. The van der Waals surface area contributed by atoms with Crippen LogP contribution in [0.1, 0.15) is 0 Å². The SMILES string of the molecule is C1=CC2=CC=C(n3c4ccccc4c4cc5c6ccccc6n(-c6ccc7ccccc7n6)c5cc43)NC2C=C1. The zero-order valence-corrected chi connectivity index (χ0v) is 21.6. The fraction of sp³-hybridized carbons (Fsp3) is 0.0278. The van der Waals surface area contributed by atoms with Gasteiger partial charge in [-0.2, -0.15) is 0 Å². The van der Waals surface area contributed by atoms with Crippen LogP contribution in [0.15, 0.2) is 139 Å². The molecular weight excluding hydrogens is 488 g/mol. The first-order valence-corrected chi connectivity index (χ1v) is 13.7. The summed E-state index contributed by atoms with van der Waals surface area (Å²) in [5.41, 5.74) is 6.94. The number of rotatable bonds is 2. The van der Waals surface area contributed by atoms with Crippen molar-refractivity contribution in [3.05, 3.63) is 139 Å². The van der Waals surface area contributed by atoms with Crippen molar-refractivity contribution in [1.82, 2.24) is 19.4 Å². The van der Waals surface area contributed by atoms with Gasteiger partial charge in [0.2, 0.25) is 0 Å². The topological polar surface area (TPSA) is 34.8 Å². The van der Waals surface area contributed by atoms with E-state index >= 15 is 0 Å². The zero-order valence-electron chi connectivity index (χ0n) is 21.6. The molecule has 1 aliphatic carbocycles. The van der Waals surface area contributed by atoms with Crippen molar-refractivity contribution in [2.75, 3.05) is 0 Å². The molecule has 0 saturated carbocycles. The van der Waals surface area contributed by atoms with E-state index in [1.807, 2.05) is 0 Å². The van der Waals surface area contributed by atoms with Gasteiger partial charge in [-0.25, -0.2) is 4.98 Å². The Morgan fingerprint density at radius 1 is 0.600 bits per heavy atom. The van der Waals surface area contributed by atoms with E-state index in [0.29, 0.717) is 0 Å². The van der Waals surface area contributed by atoms with Crippen molar-refractivity contribution in [3.8, 4) is 5.82 Å². The molecule has 0 bridgehead atoms. The molecule has 4 heteroatoms. The maximum atomic E-state index is 5.11. The minimum Gasteiger partial charge on any atom is -0.361 e. The summed E-state index contributed by atoms with van der Waals surface area (Å²) in [6, 6.07) is 34.9. The molecule has 9 rings (SSSR count). The summed E-state index contributed by atoms with van der Waals surface area (Å²) in [5, 5.41) is 9.88. The second-order valence-corrected chi connectivity index (χ2v) is 10.5. The van der Waals surface area contributed by atoms with E-state index in [0.717, 1.165) is 33.6 Å². The summed E-state index contributed by atoms with van der Waals surface area (Å²) in [6.45, 7) is 0. The number of nitrogens with one attached hydrogen (secondary N) is 1. The lowest BCUT2D eigenvalue weighted by Crippen LogP contribution is -2.32. The smallest absolute Gasteiger partial charge is 0.138 e. The molecule has 1 atom stereocenters. The lowest BCUT2D eigenvalue weighted by molar-refractivity contribution is 0.780. The number of benzene rings is 4. The van der Waals surface area contributed by atoms with Crippen LogP contribution in [0.3, 0.4) is 0 Å². The lowest BCUT2D eigenvalue weighted by atomic mass is 9.99. The highest BCUT2D eigenvalue weighted by Gasteiger charge is 2.22. The number of pyridine rings is 1. The molecule has 188 valence electrons. The molecule has 1 unspecified atom stereocenters. The zero-order chi connectivity index (χ0) is 26.2. The van der Waals surface area contributed by atoms with Crippen LogP contribution in [-0.2, 0) is 0 Å². The molecule has 0 fully saturated rings. The standard InChI is InChI=1S/C36H24N4/c1-5-13-29-23(9-1)17-19-35(37-29)39-31-15-7-3-11-25(31)27-21-28-26-12-4-8-16-32(26)40(34(28)22-33(27)39)36-20-18-24-10-2-6-14-30(24)38-36/h1-22,29,37H. The molecule has 0 radical (unpaired) electrons. The van der Waals surface area contributed by atoms with Gasteiger partial charge in [0, 0.05) is 26.9 Å². The van der Waals surface area contributed by atoms with E-state index in [1.165, 1.54) is 38.2 Å². The van der Waals surface area contributed by atoms with Crippen LogP contribution in [0, 0.1) is 0 Å². The van der Waals surface area contributed by atoms with Crippen LogP contribution in [-0.4, -0.2) is 20.2 Å². The second kappa shape index (κ2) is 8.08. The van der Waals surface area contributed by atoms with Gasteiger partial charge in [0.25, 0.3) is 0 Å². The van der Waals surface area contributed by atoms with Crippen LogP contribution >= 0.6 is 0 Å². The Bertz CT molecular complexity index is 2300. The van der Waals surface area contributed by atoms with Crippen molar-refractivity contribution < 1.29 is 0 Å². The predicted octanol–water partition coefficient (Wildman–Crippen LogP) is 8.26. The Kier molecular flexibility index (Phi) is 4.35. The number of para-hydroxylation sites is 3. The summed E-state index contributed by atoms with van der Waals surface area (Å²) >= 11 is 0. The molecule has 0 saturated heterocycles. The van der Waals surface area contributed by atoms with E-state index in [9.17, 15) is 0 Å². The van der Waals surface area contributed by atoms with Gasteiger partial charge < -0.3 is 5.32 Å². The van der Waals surface area contributed by atoms with Crippen LogP contribution in [0.25, 0.3) is 66.2 Å². The Morgan fingerprint density at radius 2 is 1.32 bits per heavy atom. The first-order chi connectivity index (χ1) is 19.8. The van der Waals surface area contributed by atoms with E-state index in [2.05, 4.69) is 148 Å². The summed E-state index contributed by atoms with van der Waals surface area (Å²) in [4.78, 5) is 5.11. The van der Waals surface area contributed by atoms with Gasteiger partial charge in [0.1, 0.15) is 11.6 Å². The Morgan fingerprint density at radius 3 is 2.17 bits per heavy atom. The molecule has 1 aliphatic heterocycles. The van der Waals surface area contributed by atoms with Crippen molar-refractivity contribution in [2.24, 2.45) is 0 Å². The average molecular weight is 513 g/mol. The number of allylic oxidation sites excluding steroid dienone is 4. The highest BCUT2D eigenvalue weighted by Crippen LogP contribution is 2.39. The molecule has 3 aromatic heterocycles.